The molecule has 20 heavy (non-hydrogen) atoms. The lowest BCUT2D eigenvalue weighted by molar-refractivity contribution is -0.150. The number of aliphatic carboxylic acids is 1. The number of halogens is 2. The number of piperidine rings is 1. The van der Waals surface area contributed by atoms with Crippen molar-refractivity contribution < 1.29 is 23.5 Å². The summed E-state index contributed by atoms with van der Waals surface area (Å²) >= 11 is 0. The summed E-state index contributed by atoms with van der Waals surface area (Å²) in [5, 5.41) is 9.20. The van der Waals surface area contributed by atoms with Crippen LogP contribution in [0.2, 0.25) is 0 Å². The van der Waals surface area contributed by atoms with E-state index in [4.69, 9.17) is 0 Å². The number of carbonyl (C=O) groups excluding carboxylic acids is 1. The van der Waals surface area contributed by atoms with Crippen molar-refractivity contribution in [1.29, 1.82) is 0 Å². The van der Waals surface area contributed by atoms with Crippen LogP contribution in [0.1, 0.15) is 30.1 Å². The highest BCUT2D eigenvalue weighted by molar-refractivity contribution is 5.95. The first-order chi connectivity index (χ1) is 9.33. The van der Waals surface area contributed by atoms with Crippen molar-refractivity contribution in [1.82, 2.24) is 4.90 Å². The number of likely N-dealkylation sites (tertiary alicyclic amines) is 1. The Balaban J connectivity index is 2.23. The van der Waals surface area contributed by atoms with Crippen LogP contribution in [0.5, 0.6) is 0 Å². The summed E-state index contributed by atoms with van der Waals surface area (Å²) in [6, 6.07) is 2.74. The molecule has 4 nitrogen and oxygen atoms in total. The van der Waals surface area contributed by atoms with E-state index in [-0.39, 0.29) is 12.1 Å². The molecular weight excluding hydrogens is 268 g/mol. The van der Waals surface area contributed by atoms with Crippen LogP contribution in [0.15, 0.2) is 18.2 Å². The molecule has 0 aromatic heterocycles. The van der Waals surface area contributed by atoms with Gasteiger partial charge in [-0.25, -0.2) is 8.78 Å². The number of rotatable bonds is 2. The third-order valence-electron chi connectivity index (χ3n) is 3.66. The van der Waals surface area contributed by atoms with Crippen LogP contribution < -0.4 is 0 Å². The summed E-state index contributed by atoms with van der Waals surface area (Å²) in [5.74, 6) is -3.27. The van der Waals surface area contributed by atoms with Gasteiger partial charge in [-0.2, -0.15) is 0 Å². The van der Waals surface area contributed by atoms with E-state index in [1.165, 1.54) is 4.90 Å². The Kier molecular flexibility index (Phi) is 3.74. The second-order valence-electron chi connectivity index (χ2n) is 5.32. The lowest BCUT2D eigenvalue weighted by atomic mass is 9.82. The quantitative estimate of drug-likeness (QED) is 0.906. The number of nitrogens with zero attached hydrogens (tertiary/aromatic N) is 1. The second kappa shape index (κ2) is 5.19. The summed E-state index contributed by atoms with van der Waals surface area (Å²) in [6.45, 7) is 1.96. The zero-order valence-corrected chi connectivity index (χ0v) is 11.0. The summed E-state index contributed by atoms with van der Waals surface area (Å²) < 4.78 is 26.4. The lowest BCUT2D eigenvalue weighted by Crippen LogP contribution is -2.48. The molecule has 0 bridgehead atoms. The average Bonchev–Trinajstić information content (AvgIpc) is 2.38. The zero-order valence-electron chi connectivity index (χ0n) is 11.0. The van der Waals surface area contributed by atoms with Crippen LogP contribution in [0.4, 0.5) is 8.78 Å². The van der Waals surface area contributed by atoms with Gasteiger partial charge in [0.15, 0.2) is 0 Å². The molecule has 0 aliphatic carbocycles. The minimum Gasteiger partial charge on any atom is -0.481 e. The van der Waals surface area contributed by atoms with E-state index in [0.29, 0.717) is 25.5 Å². The van der Waals surface area contributed by atoms with E-state index < -0.39 is 28.9 Å². The van der Waals surface area contributed by atoms with Gasteiger partial charge in [0.05, 0.1) is 11.0 Å². The molecule has 1 aliphatic heterocycles. The first kappa shape index (κ1) is 14.4. The van der Waals surface area contributed by atoms with Gasteiger partial charge < -0.3 is 10.0 Å². The summed E-state index contributed by atoms with van der Waals surface area (Å²) in [6.07, 6.45) is 1.01. The van der Waals surface area contributed by atoms with Gasteiger partial charge in [-0.3, -0.25) is 9.59 Å². The van der Waals surface area contributed by atoms with E-state index >= 15 is 0 Å². The Morgan fingerprint density at radius 3 is 2.65 bits per heavy atom. The molecular formula is C14H15F2NO3. The molecule has 1 aromatic rings. The Labute approximate surface area is 115 Å². The maximum absolute atomic E-state index is 13.6. The molecule has 0 spiro atoms. The highest BCUT2D eigenvalue weighted by Crippen LogP contribution is 2.30. The SMILES string of the molecule is CC1(C(=O)O)CCCN(C(=O)c2ccc(F)cc2F)C1. The smallest absolute Gasteiger partial charge is 0.311 e. The first-order valence-electron chi connectivity index (χ1n) is 6.31. The van der Waals surface area contributed by atoms with E-state index in [9.17, 15) is 23.5 Å². The summed E-state index contributed by atoms with van der Waals surface area (Å²) in [7, 11) is 0. The van der Waals surface area contributed by atoms with E-state index in [2.05, 4.69) is 0 Å². The summed E-state index contributed by atoms with van der Waals surface area (Å²) in [5.41, 5.74) is -1.26. The Morgan fingerprint density at radius 1 is 1.35 bits per heavy atom. The van der Waals surface area contributed by atoms with Crippen LogP contribution in [0, 0.1) is 17.0 Å². The summed E-state index contributed by atoms with van der Waals surface area (Å²) in [4.78, 5) is 24.8. The molecule has 1 unspecified atom stereocenters. The fraction of sp³-hybridized carbons (Fsp3) is 0.429. The molecule has 1 aliphatic rings. The monoisotopic (exact) mass is 283 g/mol. The minimum atomic E-state index is -1.02. The molecule has 1 amide bonds. The number of amides is 1. The fourth-order valence-electron chi connectivity index (χ4n) is 2.42. The molecule has 1 heterocycles. The highest BCUT2D eigenvalue weighted by atomic mass is 19.1. The molecule has 1 aromatic carbocycles. The van der Waals surface area contributed by atoms with Gasteiger partial charge in [0, 0.05) is 19.2 Å². The number of carboxylic acids is 1. The van der Waals surface area contributed by atoms with Crippen LogP contribution >= 0.6 is 0 Å². The Morgan fingerprint density at radius 2 is 2.05 bits per heavy atom. The van der Waals surface area contributed by atoms with Gasteiger partial charge >= 0.3 is 5.97 Å². The predicted octanol–water partition coefficient (Wildman–Crippen LogP) is 2.29. The molecule has 6 heteroatoms. The standard InChI is InChI=1S/C14H15F2NO3/c1-14(13(19)20)5-2-6-17(8-14)12(18)10-4-3-9(15)7-11(10)16/h3-4,7H,2,5-6,8H2,1H3,(H,19,20). The second-order valence-corrected chi connectivity index (χ2v) is 5.32. The van der Waals surface area contributed by atoms with Gasteiger partial charge in [-0.1, -0.05) is 0 Å². The molecule has 0 radical (unpaired) electrons. The number of hydrogen-bond donors (Lipinski definition) is 1. The molecule has 0 saturated carbocycles. The van der Waals surface area contributed by atoms with E-state index in [0.717, 1.165) is 12.1 Å². The normalized spacial score (nSPS) is 22.6. The third-order valence-corrected chi connectivity index (χ3v) is 3.66. The zero-order chi connectivity index (χ0) is 14.9. The Bertz CT molecular complexity index is 561. The van der Waals surface area contributed by atoms with Crippen molar-refractivity contribution in [2.75, 3.05) is 13.1 Å². The van der Waals surface area contributed by atoms with Crippen molar-refractivity contribution in [2.45, 2.75) is 19.8 Å². The van der Waals surface area contributed by atoms with E-state index in [1.54, 1.807) is 6.92 Å². The third kappa shape index (κ3) is 2.64. The van der Waals surface area contributed by atoms with Crippen molar-refractivity contribution >= 4 is 11.9 Å². The van der Waals surface area contributed by atoms with Gasteiger partial charge in [0.1, 0.15) is 11.6 Å². The maximum atomic E-state index is 13.6. The van der Waals surface area contributed by atoms with Crippen molar-refractivity contribution in [3.63, 3.8) is 0 Å². The number of benzene rings is 1. The number of hydrogen-bond acceptors (Lipinski definition) is 2. The molecule has 1 saturated heterocycles. The lowest BCUT2D eigenvalue weighted by Gasteiger charge is -2.37. The maximum Gasteiger partial charge on any atom is 0.311 e. The predicted molar refractivity (Wildman–Crippen MR) is 67.2 cm³/mol. The van der Waals surface area contributed by atoms with Crippen molar-refractivity contribution in [2.24, 2.45) is 5.41 Å². The molecule has 1 N–H and O–H groups in total. The van der Waals surface area contributed by atoms with Crippen LogP contribution in [-0.4, -0.2) is 35.0 Å². The van der Waals surface area contributed by atoms with Gasteiger partial charge in [-0.15, -0.1) is 0 Å². The number of carboxylic acid groups (broad SMARTS) is 1. The number of carbonyl (C=O) groups is 2. The van der Waals surface area contributed by atoms with Gasteiger partial charge in [0.2, 0.25) is 0 Å². The Hall–Kier alpha value is -1.98. The first-order valence-corrected chi connectivity index (χ1v) is 6.31. The molecule has 1 fully saturated rings. The van der Waals surface area contributed by atoms with Gasteiger partial charge in [0.25, 0.3) is 5.91 Å². The van der Waals surface area contributed by atoms with Gasteiger partial charge in [-0.05, 0) is 31.9 Å². The van der Waals surface area contributed by atoms with Crippen molar-refractivity contribution in [3.05, 3.63) is 35.4 Å². The molecule has 2 rings (SSSR count). The van der Waals surface area contributed by atoms with Crippen molar-refractivity contribution in [3.8, 4) is 0 Å². The molecule has 108 valence electrons. The highest BCUT2D eigenvalue weighted by Gasteiger charge is 2.39. The van der Waals surface area contributed by atoms with Crippen LogP contribution in [0.3, 0.4) is 0 Å². The van der Waals surface area contributed by atoms with Crippen LogP contribution in [-0.2, 0) is 4.79 Å². The fourth-order valence-corrected chi connectivity index (χ4v) is 2.42. The molecule has 1 atom stereocenters. The topological polar surface area (TPSA) is 57.6 Å². The average molecular weight is 283 g/mol. The van der Waals surface area contributed by atoms with E-state index in [1.807, 2.05) is 0 Å². The minimum absolute atomic E-state index is 0.0258. The largest absolute Gasteiger partial charge is 0.481 e. The van der Waals surface area contributed by atoms with Crippen LogP contribution in [0.25, 0.3) is 0 Å².